The van der Waals surface area contributed by atoms with Crippen LogP contribution in [0, 0.1) is 16.0 Å². The molecular weight excluding hydrogens is 275 g/mol. The topological polar surface area (TPSA) is 115 Å². The van der Waals surface area contributed by atoms with Crippen LogP contribution in [0.25, 0.3) is 0 Å². The molecule has 0 saturated heterocycles. The lowest BCUT2D eigenvalue weighted by Gasteiger charge is -2.16. The lowest BCUT2D eigenvalue weighted by molar-refractivity contribution is -0.385. The van der Waals surface area contributed by atoms with Crippen molar-refractivity contribution in [3.05, 3.63) is 33.0 Å². The first-order chi connectivity index (χ1) is 8.62. The molecule has 1 aromatic rings. The van der Waals surface area contributed by atoms with Gasteiger partial charge in [-0.2, -0.15) is 18.2 Å². The van der Waals surface area contributed by atoms with Gasteiger partial charge in [0.15, 0.2) is 5.92 Å². The largest absolute Gasteiger partial charge is 0.481 e. The molecule has 0 radical (unpaired) electrons. The summed E-state index contributed by atoms with van der Waals surface area (Å²) in [5.74, 6) is -5.04. The van der Waals surface area contributed by atoms with Gasteiger partial charge in [-0.1, -0.05) is 0 Å². The fourth-order valence-electron chi connectivity index (χ4n) is 1.19. The third kappa shape index (κ3) is 3.50. The van der Waals surface area contributed by atoms with Gasteiger partial charge in [0.25, 0.3) is 0 Å². The number of carbonyl (C=O) groups is 1. The lowest BCUT2D eigenvalue weighted by atomic mass is 10.1. The average molecular weight is 281 g/mol. The van der Waals surface area contributed by atoms with E-state index in [0.29, 0.717) is 12.4 Å². The number of hydrogen-bond donors (Lipinski definition) is 1. The van der Waals surface area contributed by atoms with Gasteiger partial charge in [-0.05, 0) is 0 Å². The molecule has 0 aliphatic carbocycles. The van der Waals surface area contributed by atoms with Crippen molar-refractivity contribution >= 4 is 11.7 Å². The fraction of sp³-hybridized carbons (Fsp3) is 0.375. The van der Waals surface area contributed by atoms with Crippen molar-refractivity contribution in [1.82, 2.24) is 9.55 Å². The Morgan fingerprint density at radius 3 is 2.58 bits per heavy atom. The minimum absolute atomic E-state index is 0.240. The van der Waals surface area contributed by atoms with E-state index in [1.54, 1.807) is 0 Å². The maximum absolute atomic E-state index is 12.4. The van der Waals surface area contributed by atoms with E-state index in [0.717, 1.165) is 0 Å². The predicted molar refractivity (Wildman–Crippen MR) is 52.3 cm³/mol. The Bertz CT molecular complexity index is 567. The van der Waals surface area contributed by atoms with Gasteiger partial charge in [0, 0.05) is 6.54 Å². The molecule has 0 aliphatic rings. The maximum atomic E-state index is 12.4. The van der Waals surface area contributed by atoms with Crippen molar-refractivity contribution in [1.29, 1.82) is 0 Å². The first-order valence-electron chi connectivity index (χ1n) is 4.63. The SMILES string of the molecule is O=C(O)C(Cn1cc([N+](=O)[O-])cnc1=O)C(F)(F)F. The molecule has 0 aromatic carbocycles. The highest BCUT2D eigenvalue weighted by molar-refractivity contribution is 5.70. The third-order valence-electron chi connectivity index (χ3n) is 2.12. The lowest BCUT2D eigenvalue weighted by Crippen LogP contribution is -2.37. The molecule has 0 fully saturated rings. The van der Waals surface area contributed by atoms with E-state index in [1.165, 1.54) is 0 Å². The van der Waals surface area contributed by atoms with Crippen LogP contribution in [-0.2, 0) is 11.3 Å². The fourth-order valence-corrected chi connectivity index (χ4v) is 1.19. The van der Waals surface area contributed by atoms with E-state index in [1.807, 2.05) is 0 Å². The van der Waals surface area contributed by atoms with Crippen LogP contribution in [0.15, 0.2) is 17.2 Å². The Kier molecular flexibility index (Phi) is 3.87. The van der Waals surface area contributed by atoms with E-state index in [9.17, 15) is 32.9 Å². The van der Waals surface area contributed by atoms with Crippen molar-refractivity contribution in [2.75, 3.05) is 0 Å². The normalized spacial score (nSPS) is 13.0. The maximum Gasteiger partial charge on any atom is 0.403 e. The standard InChI is InChI=1S/C8H6F3N3O5/c9-8(10,11)5(6(15)16)3-13-2-4(14(18)19)1-12-7(13)17/h1-2,5H,3H2,(H,15,16). The van der Waals surface area contributed by atoms with Crippen molar-refractivity contribution < 1.29 is 28.0 Å². The monoisotopic (exact) mass is 281 g/mol. The van der Waals surface area contributed by atoms with Crippen molar-refractivity contribution in [2.24, 2.45) is 5.92 Å². The smallest absolute Gasteiger partial charge is 0.403 e. The highest BCUT2D eigenvalue weighted by atomic mass is 19.4. The first kappa shape index (κ1) is 14.6. The predicted octanol–water partition coefficient (Wildman–Crippen LogP) is 0.415. The number of carboxylic acids is 1. The minimum Gasteiger partial charge on any atom is -0.481 e. The number of nitro groups is 1. The first-order valence-corrected chi connectivity index (χ1v) is 4.63. The number of carboxylic acid groups (broad SMARTS) is 1. The van der Waals surface area contributed by atoms with Gasteiger partial charge in [0.2, 0.25) is 0 Å². The van der Waals surface area contributed by atoms with E-state index in [-0.39, 0.29) is 4.57 Å². The zero-order valence-electron chi connectivity index (χ0n) is 8.99. The van der Waals surface area contributed by atoms with Crippen molar-refractivity contribution in [3.63, 3.8) is 0 Å². The molecule has 0 aliphatic heterocycles. The van der Waals surface area contributed by atoms with E-state index >= 15 is 0 Å². The molecule has 0 spiro atoms. The number of aromatic nitrogens is 2. The Balaban J connectivity index is 3.16. The van der Waals surface area contributed by atoms with Crippen molar-refractivity contribution in [3.8, 4) is 0 Å². The number of alkyl halides is 3. The summed E-state index contributed by atoms with van der Waals surface area (Å²) in [4.78, 5) is 34.1. The quantitative estimate of drug-likeness (QED) is 0.631. The zero-order valence-corrected chi connectivity index (χ0v) is 8.99. The zero-order chi connectivity index (χ0) is 14.8. The Morgan fingerprint density at radius 1 is 1.58 bits per heavy atom. The summed E-state index contributed by atoms with van der Waals surface area (Å²) in [5.41, 5.74) is -1.92. The number of hydrogen-bond acceptors (Lipinski definition) is 5. The second kappa shape index (κ2) is 5.04. The molecule has 19 heavy (non-hydrogen) atoms. The molecule has 0 saturated carbocycles. The molecule has 104 valence electrons. The van der Waals surface area contributed by atoms with Gasteiger partial charge >= 0.3 is 23.5 Å². The van der Waals surface area contributed by atoms with Crippen LogP contribution in [0.4, 0.5) is 18.9 Å². The summed E-state index contributed by atoms with van der Waals surface area (Å²) in [5, 5.41) is 18.8. The average Bonchev–Trinajstić information content (AvgIpc) is 2.25. The summed E-state index contributed by atoms with van der Waals surface area (Å²) in [7, 11) is 0. The molecule has 1 unspecified atom stereocenters. The highest BCUT2D eigenvalue weighted by Gasteiger charge is 2.45. The Hall–Kier alpha value is -2.46. The minimum atomic E-state index is -5.09. The van der Waals surface area contributed by atoms with Crippen LogP contribution < -0.4 is 5.69 Å². The molecule has 11 heteroatoms. The molecule has 1 heterocycles. The molecule has 8 nitrogen and oxygen atoms in total. The molecule has 1 atom stereocenters. The summed E-state index contributed by atoms with van der Waals surface area (Å²) >= 11 is 0. The Labute approximate surface area is 102 Å². The summed E-state index contributed by atoms with van der Waals surface area (Å²) in [6.07, 6.45) is -4.00. The summed E-state index contributed by atoms with van der Waals surface area (Å²) in [6.45, 7) is -1.29. The number of rotatable bonds is 4. The molecule has 1 aromatic heterocycles. The molecule has 0 amide bonds. The van der Waals surface area contributed by atoms with Gasteiger partial charge in [0.05, 0.1) is 11.1 Å². The third-order valence-corrected chi connectivity index (χ3v) is 2.12. The van der Waals surface area contributed by atoms with Gasteiger partial charge in [0.1, 0.15) is 6.20 Å². The molecular formula is C8H6F3N3O5. The summed E-state index contributed by atoms with van der Waals surface area (Å²) in [6, 6.07) is 0. The second-order valence-corrected chi connectivity index (χ2v) is 3.44. The van der Waals surface area contributed by atoms with Gasteiger partial charge < -0.3 is 5.11 Å². The van der Waals surface area contributed by atoms with Gasteiger partial charge in [-0.3, -0.25) is 19.5 Å². The van der Waals surface area contributed by atoms with Crippen LogP contribution in [0.3, 0.4) is 0 Å². The van der Waals surface area contributed by atoms with Crippen molar-refractivity contribution in [2.45, 2.75) is 12.7 Å². The Morgan fingerprint density at radius 2 is 2.16 bits per heavy atom. The number of nitrogens with zero attached hydrogens (tertiary/aromatic N) is 3. The van der Waals surface area contributed by atoms with Crippen LogP contribution in [0.5, 0.6) is 0 Å². The number of aliphatic carboxylic acids is 1. The number of halogens is 3. The van der Waals surface area contributed by atoms with Crippen LogP contribution >= 0.6 is 0 Å². The van der Waals surface area contributed by atoms with E-state index in [2.05, 4.69) is 4.98 Å². The highest BCUT2D eigenvalue weighted by Crippen LogP contribution is 2.27. The van der Waals surface area contributed by atoms with E-state index < -0.39 is 40.9 Å². The molecule has 1 rings (SSSR count). The van der Waals surface area contributed by atoms with Gasteiger partial charge in [-0.25, -0.2) is 4.79 Å². The van der Waals surface area contributed by atoms with Crippen LogP contribution in [0.1, 0.15) is 0 Å². The van der Waals surface area contributed by atoms with E-state index in [4.69, 9.17) is 5.11 Å². The molecule has 1 N–H and O–H groups in total. The van der Waals surface area contributed by atoms with Crippen LogP contribution in [0.2, 0.25) is 0 Å². The van der Waals surface area contributed by atoms with Gasteiger partial charge in [-0.15, -0.1) is 0 Å². The second-order valence-electron chi connectivity index (χ2n) is 3.44. The molecule has 0 bridgehead atoms. The van der Waals surface area contributed by atoms with Crippen LogP contribution in [-0.4, -0.2) is 31.7 Å². The summed E-state index contributed by atoms with van der Waals surface area (Å²) < 4.78 is 37.4.